The van der Waals surface area contributed by atoms with Crippen LogP contribution >= 0.6 is 0 Å². The number of nitrogens with one attached hydrogen (secondary N) is 1. The Labute approximate surface area is 166 Å². The van der Waals surface area contributed by atoms with E-state index in [9.17, 15) is 9.59 Å². The fourth-order valence-corrected chi connectivity index (χ4v) is 3.34. The molecule has 1 atom stereocenters. The van der Waals surface area contributed by atoms with Gasteiger partial charge in [-0.15, -0.1) is 0 Å². The van der Waals surface area contributed by atoms with Gasteiger partial charge in [-0.3, -0.25) is 9.59 Å². The van der Waals surface area contributed by atoms with E-state index in [1.165, 1.54) is 6.42 Å². The Balaban J connectivity index is 1.65. The first-order valence-corrected chi connectivity index (χ1v) is 10.0. The molecule has 1 aliphatic rings. The summed E-state index contributed by atoms with van der Waals surface area (Å²) in [5, 5.41) is 2.89. The molecular weight excluding hydrogens is 352 g/mol. The van der Waals surface area contributed by atoms with Crippen LogP contribution in [0.2, 0.25) is 0 Å². The van der Waals surface area contributed by atoms with Crippen LogP contribution in [0.25, 0.3) is 0 Å². The molecule has 0 spiro atoms. The molecule has 1 N–H and O–H groups in total. The Hall–Kier alpha value is -2.82. The molecule has 3 rings (SSSR count). The van der Waals surface area contributed by atoms with Gasteiger partial charge in [0.15, 0.2) is 6.10 Å². The molecule has 2 aromatic carbocycles. The number of hydrogen-bond donors (Lipinski definition) is 1. The second kappa shape index (κ2) is 9.40. The number of nitrogens with zero attached hydrogens (tertiary/aromatic N) is 1. The minimum atomic E-state index is -0.593. The van der Waals surface area contributed by atoms with Crippen LogP contribution in [0.3, 0.4) is 0 Å². The summed E-state index contributed by atoms with van der Waals surface area (Å²) in [5.74, 6) is 0.478. The van der Waals surface area contributed by atoms with Gasteiger partial charge < -0.3 is 15.0 Å². The van der Waals surface area contributed by atoms with Crippen molar-refractivity contribution in [3.05, 3.63) is 59.7 Å². The van der Waals surface area contributed by atoms with Crippen molar-refractivity contribution in [3.63, 3.8) is 0 Å². The van der Waals surface area contributed by atoms with Crippen LogP contribution in [0.4, 0.5) is 5.69 Å². The lowest BCUT2D eigenvalue weighted by atomic mass is 10.1. The zero-order valence-corrected chi connectivity index (χ0v) is 16.6. The Kier molecular flexibility index (Phi) is 6.69. The highest BCUT2D eigenvalue weighted by Gasteiger charge is 2.21. The maximum absolute atomic E-state index is 12.7. The molecule has 1 fully saturated rings. The van der Waals surface area contributed by atoms with Gasteiger partial charge in [0.25, 0.3) is 11.8 Å². The molecule has 0 radical (unpaired) electrons. The van der Waals surface area contributed by atoms with Crippen LogP contribution in [0.5, 0.6) is 5.75 Å². The summed E-state index contributed by atoms with van der Waals surface area (Å²) in [7, 11) is 0. The van der Waals surface area contributed by atoms with Gasteiger partial charge in [-0.25, -0.2) is 0 Å². The first kappa shape index (κ1) is 19.9. The van der Waals surface area contributed by atoms with E-state index in [2.05, 4.69) is 5.32 Å². The zero-order chi connectivity index (χ0) is 19.9. The Bertz CT molecular complexity index is 811. The highest BCUT2D eigenvalue weighted by atomic mass is 16.5. The molecule has 1 unspecified atom stereocenters. The molecule has 28 heavy (non-hydrogen) atoms. The van der Waals surface area contributed by atoms with Crippen molar-refractivity contribution in [2.24, 2.45) is 0 Å². The number of carbonyl (C=O) groups excluding carboxylic acids is 2. The van der Waals surface area contributed by atoms with Crippen LogP contribution in [-0.2, 0) is 4.79 Å². The molecule has 2 amide bonds. The van der Waals surface area contributed by atoms with Gasteiger partial charge in [0.2, 0.25) is 0 Å². The quantitative estimate of drug-likeness (QED) is 0.807. The average molecular weight is 380 g/mol. The Morgan fingerprint density at radius 2 is 1.79 bits per heavy atom. The van der Waals surface area contributed by atoms with Crippen molar-refractivity contribution in [3.8, 4) is 5.75 Å². The summed E-state index contributed by atoms with van der Waals surface area (Å²) in [4.78, 5) is 27.2. The van der Waals surface area contributed by atoms with Crippen LogP contribution in [-0.4, -0.2) is 35.9 Å². The molecule has 5 nitrogen and oxygen atoms in total. The number of aryl methyl sites for hydroxylation is 1. The number of rotatable bonds is 6. The van der Waals surface area contributed by atoms with Crippen LogP contribution < -0.4 is 10.1 Å². The van der Waals surface area contributed by atoms with Gasteiger partial charge in [0.1, 0.15) is 5.75 Å². The average Bonchev–Trinajstić information content (AvgIpc) is 2.73. The predicted molar refractivity (Wildman–Crippen MR) is 111 cm³/mol. The van der Waals surface area contributed by atoms with E-state index in [1.807, 2.05) is 43.0 Å². The van der Waals surface area contributed by atoms with E-state index >= 15 is 0 Å². The second-order valence-corrected chi connectivity index (χ2v) is 7.25. The standard InChI is InChI=1S/C23H28N2O3/c1-3-21(28-20-12-10-17(2)11-13-20)22(26)24-19-9-7-8-18(16-19)23(27)25-14-5-4-6-15-25/h7-13,16,21H,3-6,14-15H2,1-2H3,(H,24,26). The molecule has 2 aromatic rings. The third kappa shape index (κ3) is 5.12. The molecule has 0 aromatic heterocycles. The third-order valence-corrected chi connectivity index (χ3v) is 4.98. The molecule has 0 saturated carbocycles. The summed E-state index contributed by atoms with van der Waals surface area (Å²) in [5.41, 5.74) is 2.35. The predicted octanol–water partition coefficient (Wildman–Crippen LogP) is 4.42. The normalized spacial score (nSPS) is 15.0. The fraction of sp³-hybridized carbons (Fsp3) is 0.391. The van der Waals surface area contributed by atoms with Gasteiger partial charge in [-0.1, -0.05) is 30.7 Å². The first-order chi connectivity index (χ1) is 13.6. The summed E-state index contributed by atoms with van der Waals surface area (Å²) < 4.78 is 5.84. The number of benzene rings is 2. The maximum atomic E-state index is 12.7. The zero-order valence-electron chi connectivity index (χ0n) is 16.6. The number of carbonyl (C=O) groups is 2. The minimum Gasteiger partial charge on any atom is -0.481 e. The fourth-order valence-electron chi connectivity index (χ4n) is 3.34. The molecule has 148 valence electrons. The highest BCUT2D eigenvalue weighted by molar-refractivity contribution is 5.98. The molecule has 0 aliphatic carbocycles. The number of amides is 2. The Morgan fingerprint density at radius 3 is 2.46 bits per heavy atom. The van der Waals surface area contributed by atoms with E-state index in [-0.39, 0.29) is 11.8 Å². The largest absolute Gasteiger partial charge is 0.481 e. The monoisotopic (exact) mass is 380 g/mol. The van der Waals surface area contributed by atoms with Crippen molar-refractivity contribution in [2.45, 2.75) is 45.6 Å². The number of likely N-dealkylation sites (tertiary alicyclic amines) is 1. The molecule has 5 heteroatoms. The van der Waals surface area contributed by atoms with E-state index < -0.39 is 6.10 Å². The van der Waals surface area contributed by atoms with Crippen molar-refractivity contribution in [2.75, 3.05) is 18.4 Å². The topological polar surface area (TPSA) is 58.6 Å². The molecule has 1 aliphatic heterocycles. The van der Waals surface area contributed by atoms with Crippen molar-refractivity contribution >= 4 is 17.5 Å². The SMILES string of the molecule is CCC(Oc1ccc(C)cc1)C(=O)Nc1cccc(C(=O)N2CCCCC2)c1. The van der Waals surface area contributed by atoms with Gasteiger partial charge in [-0.2, -0.15) is 0 Å². The maximum Gasteiger partial charge on any atom is 0.265 e. The first-order valence-electron chi connectivity index (χ1n) is 10.0. The van der Waals surface area contributed by atoms with E-state index in [0.717, 1.165) is 31.5 Å². The summed E-state index contributed by atoms with van der Waals surface area (Å²) in [6.07, 6.45) is 3.24. The lowest BCUT2D eigenvalue weighted by Crippen LogP contribution is -2.35. The van der Waals surface area contributed by atoms with Crippen molar-refractivity contribution < 1.29 is 14.3 Å². The number of piperidine rings is 1. The highest BCUT2D eigenvalue weighted by Crippen LogP contribution is 2.18. The number of hydrogen-bond acceptors (Lipinski definition) is 3. The van der Waals surface area contributed by atoms with Crippen LogP contribution in [0.1, 0.15) is 48.5 Å². The van der Waals surface area contributed by atoms with Gasteiger partial charge in [-0.05, 0) is 62.9 Å². The van der Waals surface area contributed by atoms with Crippen molar-refractivity contribution in [1.29, 1.82) is 0 Å². The lowest BCUT2D eigenvalue weighted by molar-refractivity contribution is -0.122. The van der Waals surface area contributed by atoms with Crippen molar-refractivity contribution in [1.82, 2.24) is 4.90 Å². The lowest BCUT2D eigenvalue weighted by Gasteiger charge is -2.27. The molecule has 1 heterocycles. The Morgan fingerprint density at radius 1 is 1.07 bits per heavy atom. The van der Waals surface area contributed by atoms with Crippen LogP contribution in [0.15, 0.2) is 48.5 Å². The smallest absolute Gasteiger partial charge is 0.265 e. The minimum absolute atomic E-state index is 0.0266. The molecule has 0 bridgehead atoms. The molecule has 1 saturated heterocycles. The van der Waals surface area contributed by atoms with E-state index in [4.69, 9.17) is 4.74 Å². The van der Waals surface area contributed by atoms with E-state index in [1.54, 1.807) is 24.3 Å². The summed E-state index contributed by atoms with van der Waals surface area (Å²) in [6.45, 7) is 5.52. The number of ether oxygens (including phenoxy) is 1. The van der Waals surface area contributed by atoms with E-state index in [0.29, 0.717) is 23.4 Å². The third-order valence-electron chi connectivity index (χ3n) is 4.98. The summed E-state index contributed by atoms with van der Waals surface area (Å²) >= 11 is 0. The number of anilines is 1. The molecular formula is C23H28N2O3. The van der Waals surface area contributed by atoms with Gasteiger partial charge >= 0.3 is 0 Å². The summed E-state index contributed by atoms with van der Waals surface area (Å²) in [6, 6.07) is 14.8. The second-order valence-electron chi connectivity index (χ2n) is 7.25. The van der Waals surface area contributed by atoms with Crippen LogP contribution in [0, 0.1) is 6.92 Å². The van der Waals surface area contributed by atoms with Gasteiger partial charge in [0.05, 0.1) is 0 Å². The van der Waals surface area contributed by atoms with Gasteiger partial charge in [0, 0.05) is 24.3 Å².